The number of para-hydroxylation sites is 1. The summed E-state index contributed by atoms with van der Waals surface area (Å²) in [5.41, 5.74) is 1.34. The first-order valence-electron chi connectivity index (χ1n) is 7.90. The standard InChI is InChI=1S/C18H22N2O5S/c1-13-10-15(24-2)8-9-17(13)26(22,23)20-12-18(21)19-11-14-6-4-5-7-16(14)25-3/h4-10,20H,11-12H2,1-3H3,(H,19,21). The van der Waals surface area contributed by atoms with Gasteiger partial charge in [0.25, 0.3) is 0 Å². The first kappa shape index (κ1) is 19.7. The Kier molecular flexibility index (Phi) is 6.59. The fourth-order valence-corrected chi connectivity index (χ4v) is 3.60. The summed E-state index contributed by atoms with van der Waals surface area (Å²) in [7, 11) is -0.743. The van der Waals surface area contributed by atoms with Crippen LogP contribution in [0.2, 0.25) is 0 Å². The van der Waals surface area contributed by atoms with E-state index >= 15 is 0 Å². The van der Waals surface area contributed by atoms with E-state index in [-0.39, 0.29) is 18.0 Å². The molecule has 26 heavy (non-hydrogen) atoms. The van der Waals surface area contributed by atoms with E-state index in [0.717, 1.165) is 5.56 Å². The van der Waals surface area contributed by atoms with Gasteiger partial charge in [-0.15, -0.1) is 0 Å². The van der Waals surface area contributed by atoms with Gasteiger partial charge in [0.05, 0.1) is 25.7 Å². The molecule has 0 heterocycles. The van der Waals surface area contributed by atoms with Crippen LogP contribution in [-0.4, -0.2) is 35.1 Å². The summed E-state index contributed by atoms with van der Waals surface area (Å²) < 4.78 is 37.3. The highest BCUT2D eigenvalue weighted by Crippen LogP contribution is 2.20. The molecule has 0 radical (unpaired) electrons. The number of rotatable bonds is 8. The molecule has 0 saturated heterocycles. The van der Waals surface area contributed by atoms with Crippen molar-refractivity contribution < 1.29 is 22.7 Å². The van der Waals surface area contributed by atoms with Gasteiger partial charge in [-0.2, -0.15) is 0 Å². The van der Waals surface area contributed by atoms with Crippen molar-refractivity contribution in [1.82, 2.24) is 10.0 Å². The van der Waals surface area contributed by atoms with Crippen LogP contribution in [0.25, 0.3) is 0 Å². The van der Waals surface area contributed by atoms with Gasteiger partial charge in [0, 0.05) is 12.1 Å². The molecule has 140 valence electrons. The van der Waals surface area contributed by atoms with Crippen molar-refractivity contribution in [3.8, 4) is 11.5 Å². The molecule has 0 bridgehead atoms. The lowest BCUT2D eigenvalue weighted by atomic mass is 10.2. The number of benzene rings is 2. The molecule has 0 unspecified atom stereocenters. The highest BCUT2D eigenvalue weighted by molar-refractivity contribution is 7.89. The number of carbonyl (C=O) groups excluding carboxylic acids is 1. The molecule has 0 aliphatic carbocycles. The number of hydrogen-bond donors (Lipinski definition) is 2. The van der Waals surface area contributed by atoms with Crippen molar-refractivity contribution in [3.05, 3.63) is 53.6 Å². The van der Waals surface area contributed by atoms with Gasteiger partial charge in [-0.3, -0.25) is 4.79 Å². The summed E-state index contributed by atoms with van der Waals surface area (Å²) in [5.74, 6) is 0.781. The third-order valence-electron chi connectivity index (χ3n) is 3.76. The molecule has 1 amide bonds. The van der Waals surface area contributed by atoms with Crippen molar-refractivity contribution >= 4 is 15.9 Å². The monoisotopic (exact) mass is 378 g/mol. The summed E-state index contributed by atoms with van der Waals surface area (Å²) in [5, 5.41) is 2.66. The third kappa shape index (κ3) is 4.96. The van der Waals surface area contributed by atoms with Crippen LogP contribution in [0.4, 0.5) is 0 Å². The van der Waals surface area contributed by atoms with Crippen LogP contribution >= 0.6 is 0 Å². The van der Waals surface area contributed by atoms with Crippen LogP contribution in [0.3, 0.4) is 0 Å². The number of sulfonamides is 1. The van der Waals surface area contributed by atoms with Gasteiger partial charge >= 0.3 is 0 Å². The van der Waals surface area contributed by atoms with Crippen LogP contribution in [0.15, 0.2) is 47.4 Å². The SMILES string of the molecule is COc1ccc(S(=O)(=O)NCC(=O)NCc2ccccc2OC)c(C)c1. The number of carbonyl (C=O) groups is 1. The van der Waals surface area contributed by atoms with E-state index in [0.29, 0.717) is 17.1 Å². The molecule has 0 spiro atoms. The van der Waals surface area contributed by atoms with E-state index in [2.05, 4.69) is 10.0 Å². The highest BCUT2D eigenvalue weighted by atomic mass is 32.2. The van der Waals surface area contributed by atoms with E-state index in [1.165, 1.54) is 13.2 Å². The lowest BCUT2D eigenvalue weighted by Crippen LogP contribution is -2.36. The maximum atomic E-state index is 12.4. The van der Waals surface area contributed by atoms with Crippen molar-refractivity contribution in [1.29, 1.82) is 0 Å². The van der Waals surface area contributed by atoms with E-state index < -0.39 is 15.9 Å². The van der Waals surface area contributed by atoms with E-state index in [1.807, 2.05) is 18.2 Å². The van der Waals surface area contributed by atoms with Crippen LogP contribution in [-0.2, 0) is 21.4 Å². The first-order valence-corrected chi connectivity index (χ1v) is 9.38. The Hall–Kier alpha value is -2.58. The fraction of sp³-hybridized carbons (Fsp3) is 0.278. The highest BCUT2D eigenvalue weighted by Gasteiger charge is 2.18. The molecule has 2 aromatic rings. The number of aryl methyl sites for hydroxylation is 1. The lowest BCUT2D eigenvalue weighted by Gasteiger charge is -2.12. The molecule has 7 nitrogen and oxygen atoms in total. The zero-order chi connectivity index (χ0) is 19.2. The second kappa shape index (κ2) is 8.68. The van der Waals surface area contributed by atoms with Gasteiger partial charge in [-0.1, -0.05) is 18.2 Å². The van der Waals surface area contributed by atoms with Crippen molar-refractivity contribution in [2.24, 2.45) is 0 Å². The summed E-state index contributed by atoms with van der Waals surface area (Å²) in [6.45, 7) is 1.55. The molecule has 2 N–H and O–H groups in total. The number of hydrogen-bond acceptors (Lipinski definition) is 5. The topological polar surface area (TPSA) is 93.7 Å². The fourth-order valence-electron chi connectivity index (χ4n) is 2.39. The Balaban J connectivity index is 1.95. The van der Waals surface area contributed by atoms with Crippen molar-refractivity contribution in [2.45, 2.75) is 18.4 Å². The predicted molar refractivity (Wildman–Crippen MR) is 97.8 cm³/mol. The number of ether oxygens (including phenoxy) is 2. The number of methoxy groups -OCH3 is 2. The van der Waals surface area contributed by atoms with Gasteiger partial charge in [-0.05, 0) is 36.8 Å². The normalized spacial score (nSPS) is 11.0. The molecular formula is C18H22N2O5S. The zero-order valence-electron chi connectivity index (χ0n) is 14.9. The molecule has 2 aromatic carbocycles. The van der Waals surface area contributed by atoms with Crippen molar-refractivity contribution in [3.63, 3.8) is 0 Å². The first-order chi connectivity index (χ1) is 12.4. The van der Waals surface area contributed by atoms with Gasteiger partial charge in [-0.25, -0.2) is 13.1 Å². The maximum Gasteiger partial charge on any atom is 0.241 e. The smallest absolute Gasteiger partial charge is 0.241 e. The maximum absolute atomic E-state index is 12.4. The quantitative estimate of drug-likeness (QED) is 0.728. The van der Waals surface area contributed by atoms with Crippen LogP contribution in [0.1, 0.15) is 11.1 Å². The minimum Gasteiger partial charge on any atom is -0.497 e. The minimum atomic E-state index is -3.80. The molecular weight excluding hydrogens is 356 g/mol. The van der Waals surface area contributed by atoms with Crippen LogP contribution in [0.5, 0.6) is 11.5 Å². The van der Waals surface area contributed by atoms with Gasteiger partial charge in [0.1, 0.15) is 11.5 Å². The second-order valence-electron chi connectivity index (χ2n) is 5.54. The Morgan fingerprint density at radius 2 is 1.81 bits per heavy atom. The second-order valence-corrected chi connectivity index (χ2v) is 7.28. The van der Waals surface area contributed by atoms with Gasteiger partial charge in [0.15, 0.2) is 0 Å². The average Bonchev–Trinajstić information content (AvgIpc) is 2.64. The Morgan fingerprint density at radius 1 is 1.08 bits per heavy atom. The van der Waals surface area contributed by atoms with E-state index in [1.54, 1.807) is 32.2 Å². The number of amides is 1. The van der Waals surface area contributed by atoms with Crippen LogP contribution in [0, 0.1) is 6.92 Å². The zero-order valence-corrected chi connectivity index (χ0v) is 15.7. The lowest BCUT2D eigenvalue weighted by molar-refractivity contribution is -0.120. The van der Waals surface area contributed by atoms with Gasteiger partial charge < -0.3 is 14.8 Å². The summed E-state index contributed by atoms with van der Waals surface area (Å²) >= 11 is 0. The van der Waals surface area contributed by atoms with Crippen molar-refractivity contribution in [2.75, 3.05) is 20.8 Å². The summed E-state index contributed by atoms with van der Waals surface area (Å²) in [6.07, 6.45) is 0. The van der Waals surface area contributed by atoms with Crippen LogP contribution < -0.4 is 19.5 Å². The largest absolute Gasteiger partial charge is 0.497 e. The molecule has 0 fully saturated rings. The third-order valence-corrected chi connectivity index (χ3v) is 5.32. The molecule has 0 atom stereocenters. The molecule has 2 rings (SSSR count). The molecule has 0 aliphatic rings. The van der Waals surface area contributed by atoms with Gasteiger partial charge in [0.2, 0.25) is 15.9 Å². The molecule has 0 aromatic heterocycles. The Bertz CT molecular complexity index is 881. The molecule has 0 saturated carbocycles. The minimum absolute atomic E-state index is 0.107. The predicted octanol–water partition coefficient (Wildman–Crippen LogP) is 1.61. The van der Waals surface area contributed by atoms with E-state index in [9.17, 15) is 13.2 Å². The molecule has 0 aliphatic heterocycles. The number of nitrogens with one attached hydrogen (secondary N) is 2. The molecule has 8 heteroatoms. The summed E-state index contributed by atoms with van der Waals surface area (Å²) in [4.78, 5) is 12.1. The van der Waals surface area contributed by atoms with E-state index in [4.69, 9.17) is 9.47 Å². The Morgan fingerprint density at radius 3 is 2.46 bits per heavy atom. The summed E-state index contributed by atoms with van der Waals surface area (Å²) in [6, 6.07) is 11.9. The Labute approximate surface area is 153 Å². The average molecular weight is 378 g/mol.